The van der Waals surface area contributed by atoms with Gasteiger partial charge in [0.2, 0.25) is 0 Å². The first-order valence-corrected chi connectivity index (χ1v) is 9.27. The Morgan fingerprint density at radius 1 is 1.48 bits per heavy atom. The number of guanidine groups is 1. The average Bonchev–Trinajstić information content (AvgIpc) is 3.09. The van der Waals surface area contributed by atoms with E-state index >= 15 is 0 Å². The summed E-state index contributed by atoms with van der Waals surface area (Å²) in [5.41, 5.74) is 0.110. The highest BCUT2D eigenvalue weighted by Gasteiger charge is 2.23. The van der Waals surface area contributed by atoms with Crippen molar-refractivity contribution in [2.24, 2.45) is 4.99 Å². The van der Waals surface area contributed by atoms with E-state index in [-0.39, 0.29) is 5.41 Å². The number of hydrogen-bond donors (Lipinski definition) is 2. The molecule has 1 aromatic heterocycles. The second kappa shape index (κ2) is 8.50. The third-order valence-corrected chi connectivity index (χ3v) is 5.66. The summed E-state index contributed by atoms with van der Waals surface area (Å²) in [6.45, 7) is 12.5. The monoisotopic (exact) mass is 334 g/mol. The van der Waals surface area contributed by atoms with E-state index in [2.05, 4.69) is 58.5 Å². The zero-order valence-corrected chi connectivity index (χ0v) is 15.5. The van der Waals surface area contributed by atoms with Gasteiger partial charge in [-0.1, -0.05) is 26.0 Å². The maximum absolute atomic E-state index is 4.39. The van der Waals surface area contributed by atoms with E-state index in [4.69, 9.17) is 0 Å². The predicted octanol–water partition coefficient (Wildman–Crippen LogP) is 2.84. The fourth-order valence-corrected chi connectivity index (χ4v) is 3.74. The SMILES string of the molecule is C=CCN1CCC(NC(=NC)NCC(C)(C)c2cccs2)CC1. The Kier molecular flexibility index (Phi) is 6.66. The minimum atomic E-state index is 0.110. The van der Waals surface area contributed by atoms with Crippen LogP contribution in [0.4, 0.5) is 0 Å². The standard InChI is InChI=1S/C18H30N4S/c1-5-10-22-11-8-15(9-12-22)21-17(19-4)20-14-18(2,3)16-7-6-13-23-16/h5-7,13,15H,1,8-12,14H2,2-4H3,(H2,19,20,21). The second-order valence-corrected chi connectivity index (χ2v) is 7.74. The topological polar surface area (TPSA) is 39.7 Å². The molecule has 4 nitrogen and oxygen atoms in total. The van der Waals surface area contributed by atoms with Crippen LogP contribution in [0, 0.1) is 0 Å². The van der Waals surface area contributed by atoms with Gasteiger partial charge < -0.3 is 10.6 Å². The predicted molar refractivity (Wildman–Crippen MR) is 102 cm³/mol. The smallest absolute Gasteiger partial charge is 0.191 e. The molecule has 1 aromatic rings. The molecule has 1 aliphatic heterocycles. The molecule has 1 aliphatic rings. The molecule has 2 N–H and O–H groups in total. The summed E-state index contributed by atoms with van der Waals surface area (Å²) in [5.74, 6) is 0.914. The van der Waals surface area contributed by atoms with Gasteiger partial charge in [0.1, 0.15) is 0 Å². The number of thiophene rings is 1. The van der Waals surface area contributed by atoms with E-state index in [1.807, 2.05) is 24.5 Å². The van der Waals surface area contributed by atoms with E-state index in [1.165, 1.54) is 4.88 Å². The van der Waals surface area contributed by atoms with Crippen LogP contribution in [0.5, 0.6) is 0 Å². The van der Waals surface area contributed by atoms with Gasteiger partial charge in [0.25, 0.3) is 0 Å². The van der Waals surface area contributed by atoms with Crippen molar-refractivity contribution in [3.8, 4) is 0 Å². The van der Waals surface area contributed by atoms with Gasteiger partial charge in [-0.05, 0) is 24.3 Å². The Morgan fingerprint density at radius 2 is 2.22 bits per heavy atom. The number of aliphatic imine (C=N–C) groups is 1. The molecular weight excluding hydrogens is 304 g/mol. The van der Waals surface area contributed by atoms with Crippen LogP contribution in [-0.4, -0.2) is 50.1 Å². The average molecular weight is 335 g/mol. The Bertz CT molecular complexity index is 499. The molecule has 1 fully saturated rings. The molecule has 128 valence electrons. The lowest BCUT2D eigenvalue weighted by Crippen LogP contribution is -2.50. The molecule has 0 bridgehead atoms. The van der Waals surface area contributed by atoms with Crippen LogP contribution in [0.2, 0.25) is 0 Å². The number of rotatable bonds is 6. The van der Waals surface area contributed by atoms with Crippen LogP contribution in [0.3, 0.4) is 0 Å². The summed E-state index contributed by atoms with van der Waals surface area (Å²) in [5, 5.41) is 9.21. The second-order valence-electron chi connectivity index (χ2n) is 6.79. The Hall–Kier alpha value is -1.33. The highest BCUT2D eigenvalue weighted by atomic mass is 32.1. The lowest BCUT2D eigenvalue weighted by Gasteiger charge is -2.33. The maximum Gasteiger partial charge on any atom is 0.191 e. The maximum atomic E-state index is 4.39. The van der Waals surface area contributed by atoms with Gasteiger partial charge in [0.05, 0.1) is 0 Å². The van der Waals surface area contributed by atoms with E-state index in [1.54, 1.807) is 0 Å². The first-order chi connectivity index (χ1) is 11.0. The minimum absolute atomic E-state index is 0.110. The molecule has 23 heavy (non-hydrogen) atoms. The highest BCUT2D eigenvalue weighted by Crippen LogP contribution is 2.26. The lowest BCUT2D eigenvalue weighted by molar-refractivity contribution is 0.225. The van der Waals surface area contributed by atoms with E-state index in [9.17, 15) is 0 Å². The Balaban J connectivity index is 1.79. The van der Waals surface area contributed by atoms with Crippen LogP contribution in [-0.2, 0) is 5.41 Å². The Labute approximate surface area is 144 Å². The summed E-state index contributed by atoms with van der Waals surface area (Å²) in [7, 11) is 1.85. The Morgan fingerprint density at radius 3 is 2.78 bits per heavy atom. The molecule has 2 rings (SSSR count). The third kappa shape index (κ3) is 5.36. The number of nitrogens with zero attached hydrogens (tertiary/aromatic N) is 2. The molecule has 0 aromatic carbocycles. The molecule has 0 aliphatic carbocycles. The zero-order valence-electron chi connectivity index (χ0n) is 14.6. The van der Waals surface area contributed by atoms with Gasteiger partial charge in [-0.25, -0.2) is 0 Å². The van der Waals surface area contributed by atoms with Gasteiger partial charge in [0, 0.05) is 49.6 Å². The molecule has 0 unspecified atom stereocenters. The summed E-state index contributed by atoms with van der Waals surface area (Å²) in [6, 6.07) is 4.83. The molecule has 0 saturated carbocycles. The largest absolute Gasteiger partial charge is 0.356 e. The lowest BCUT2D eigenvalue weighted by atomic mass is 9.91. The molecule has 5 heteroatoms. The van der Waals surface area contributed by atoms with Gasteiger partial charge in [-0.15, -0.1) is 17.9 Å². The third-order valence-electron chi connectivity index (χ3n) is 4.43. The van der Waals surface area contributed by atoms with Crippen LogP contribution >= 0.6 is 11.3 Å². The first kappa shape index (κ1) is 18.0. The number of nitrogens with one attached hydrogen (secondary N) is 2. The summed E-state index contributed by atoms with van der Waals surface area (Å²) < 4.78 is 0. The summed E-state index contributed by atoms with van der Waals surface area (Å²) in [4.78, 5) is 8.24. The van der Waals surface area contributed by atoms with Gasteiger partial charge in [0.15, 0.2) is 5.96 Å². The van der Waals surface area contributed by atoms with Crippen molar-refractivity contribution in [1.82, 2.24) is 15.5 Å². The molecule has 0 spiro atoms. The van der Waals surface area contributed by atoms with E-state index in [0.29, 0.717) is 6.04 Å². The fraction of sp³-hybridized carbons (Fsp3) is 0.611. The van der Waals surface area contributed by atoms with Crippen LogP contribution < -0.4 is 10.6 Å². The number of likely N-dealkylation sites (tertiary alicyclic amines) is 1. The van der Waals surface area contributed by atoms with Gasteiger partial charge in [-0.3, -0.25) is 9.89 Å². The summed E-state index contributed by atoms with van der Waals surface area (Å²) >= 11 is 1.82. The van der Waals surface area contributed by atoms with Crippen LogP contribution in [0.25, 0.3) is 0 Å². The number of hydrogen-bond acceptors (Lipinski definition) is 3. The molecular formula is C18H30N4S. The normalized spacial score (nSPS) is 18.0. The van der Waals surface area contributed by atoms with Crippen molar-refractivity contribution in [3.63, 3.8) is 0 Å². The molecule has 0 radical (unpaired) electrons. The number of piperidine rings is 1. The van der Waals surface area contributed by atoms with E-state index < -0.39 is 0 Å². The van der Waals surface area contributed by atoms with Crippen LogP contribution in [0.1, 0.15) is 31.6 Å². The van der Waals surface area contributed by atoms with Gasteiger partial charge >= 0.3 is 0 Å². The van der Waals surface area contributed by atoms with Crippen molar-refractivity contribution in [1.29, 1.82) is 0 Å². The van der Waals surface area contributed by atoms with Crippen LogP contribution in [0.15, 0.2) is 35.2 Å². The molecule has 0 amide bonds. The fourth-order valence-electron chi connectivity index (χ4n) is 2.89. The first-order valence-electron chi connectivity index (χ1n) is 8.39. The molecule has 2 heterocycles. The van der Waals surface area contributed by atoms with Crippen molar-refractivity contribution in [2.75, 3.05) is 33.2 Å². The summed E-state index contributed by atoms with van der Waals surface area (Å²) in [6.07, 6.45) is 4.30. The van der Waals surface area contributed by atoms with Crippen molar-refractivity contribution >= 4 is 17.3 Å². The van der Waals surface area contributed by atoms with Gasteiger partial charge in [-0.2, -0.15) is 0 Å². The zero-order chi connectivity index (χ0) is 16.7. The minimum Gasteiger partial charge on any atom is -0.356 e. The van der Waals surface area contributed by atoms with Crippen molar-refractivity contribution < 1.29 is 0 Å². The van der Waals surface area contributed by atoms with Crippen molar-refractivity contribution in [2.45, 2.75) is 38.1 Å². The van der Waals surface area contributed by atoms with Crippen molar-refractivity contribution in [3.05, 3.63) is 35.0 Å². The van der Waals surface area contributed by atoms with E-state index in [0.717, 1.165) is 45.0 Å². The highest BCUT2D eigenvalue weighted by molar-refractivity contribution is 7.10. The molecule has 1 saturated heterocycles. The molecule has 0 atom stereocenters. The quantitative estimate of drug-likeness (QED) is 0.477.